The minimum absolute atomic E-state index is 0.0613. The number of likely N-dealkylation sites (N-methyl/N-ethyl adjacent to an activating group) is 1. The molecule has 1 N–H and O–H groups in total. The summed E-state index contributed by atoms with van der Waals surface area (Å²) in [6.45, 7) is 5.18. The van der Waals surface area contributed by atoms with Crippen molar-refractivity contribution in [1.29, 1.82) is 0 Å². The molecule has 0 amide bonds. The lowest BCUT2D eigenvalue weighted by molar-refractivity contribution is -0.870. The summed E-state index contributed by atoms with van der Waals surface area (Å²) in [5.74, 6) is -0.451. The number of carbonyl (C=O) groups is 1. The van der Waals surface area contributed by atoms with E-state index in [-0.39, 0.29) is 26.2 Å². The van der Waals surface area contributed by atoms with E-state index in [4.69, 9.17) is 18.5 Å². The van der Waals surface area contributed by atoms with E-state index < -0.39 is 19.9 Å². The van der Waals surface area contributed by atoms with E-state index in [1.165, 1.54) is 25.7 Å². The Labute approximate surface area is 385 Å². The minimum atomic E-state index is -4.32. The van der Waals surface area contributed by atoms with Crippen LogP contribution in [0.1, 0.15) is 142 Å². The molecule has 0 saturated carbocycles. The number of hydrogen-bond acceptors (Lipinski definition) is 6. The van der Waals surface area contributed by atoms with Gasteiger partial charge in [0.25, 0.3) is 0 Å². The highest BCUT2D eigenvalue weighted by Gasteiger charge is 2.26. The van der Waals surface area contributed by atoms with Crippen molar-refractivity contribution in [2.24, 2.45) is 0 Å². The average molecular weight is 895 g/mol. The number of phosphoric ester groups is 1. The van der Waals surface area contributed by atoms with Crippen LogP contribution >= 0.6 is 7.82 Å². The minimum Gasteiger partial charge on any atom is -0.457 e. The smallest absolute Gasteiger partial charge is 0.457 e. The molecule has 0 rings (SSSR count). The van der Waals surface area contributed by atoms with Crippen molar-refractivity contribution in [1.82, 2.24) is 0 Å². The Balaban J connectivity index is 4.30. The van der Waals surface area contributed by atoms with Crippen LogP contribution in [0.15, 0.2) is 134 Å². The van der Waals surface area contributed by atoms with Crippen molar-refractivity contribution < 1.29 is 37.3 Å². The first-order valence-electron chi connectivity index (χ1n) is 23.9. The lowest BCUT2D eigenvalue weighted by Gasteiger charge is -2.24. The number of quaternary nitrogens is 1. The standard InChI is InChI=1S/C54H88NO7P/c1-6-8-10-12-14-16-18-20-22-23-24-25-26-27-28-29-30-31-32-34-36-38-40-42-44-46-49-59-51-53(52-61-63(57,58)60-50-48-55(3,4)5)62-54(56)47-45-43-41-39-37-35-33-21-19-17-15-13-11-9-7-2/h8-11,14-17,20-22,24-25,27-28,30-31,33,37,39,43,45,53H,6-7,12-13,18-19,23,26,29,32,34-36,38,40-42,44,46-52H2,1-5H3/p+1/b10-8-,11-9-,16-14-,17-15-,22-20-,25-24-,28-27-,31-30-,33-21-,39-37-,45-43-. The summed E-state index contributed by atoms with van der Waals surface area (Å²) >= 11 is 0. The zero-order valence-electron chi connectivity index (χ0n) is 40.2. The van der Waals surface area contributed by atoms with Gasteiger partial charge in [-0.05, 0) is 89.9 Å². The topological polar surface area (TPSA) is 91.3 Å². The highest BCUT2D eigenvalue weighted by atomic mass is 31.2. The first kappa shape index (κ1) is 59.6. The third kappa shape index (κ3) is 49.5. The number of carbonyl (C=O) groups excluding carboxylic acids is 1. The SMILES string of the molecule is CC/C=C\C/C=C\C/C=C\C/C=C\C/C=C\C/C=C\CCCCCCCCCOCC(COP(=O)(O)OCC[N+](C)(C)C)OC(=O)C/C=C\C/C=C\C/C=C\C/C=C\C/C=C\CC. The van der Waals surface area contributed by atoms with Gasteiger partial charge < -0.3 is 18.9 Å². The van der Waals surface area contributed by atoms with Crippen LogP contribution in [0, 0.1) is 0 Å². The van der Waals surface area contributed by atoms with Gasteiger partial charge >= 0.3 is 13.8 Å². The van der Waals surface area contributed by atoms with Gasteiger partial charge in [-0.3, -0.25) is 13.8 Å². The number of allylic oxidation sites excluding steroid dienone is 21. The number of esters is 1. The Hall–Kier alpha value is -3.36. The molecule has 0 aliphatic heterocycles. The summed E-state index contributed by atoms with van der Waals surface area (Å²) in [6, 6.07) is 0. The number of ether oxygens (including phenoxy) is 2. The normalized spacial score (nSPS) is 14.8. The molecule has 0 aromatic rings. The van der Waals surface area contributed by atoms with Crippen LogP contribution in [0.4, 0.5) is 0 Å². The second-order valence-electron chi connectivity index (χ2n) is 16.4. The van der Waals surface area contributed by atoms with Crippen LogP contribution in [0.5, 0.6) is 0 Å². The molecule has 356 valence electrons. The summed E-state index contributed by atoms with van der Waals surface area (Å²) in [7, 11) is 1.58. The Morgan fingerprint density at radius 2 is 0.873 bits per heavy atom. The van der Waals surface area contributed by atoms with Crippen LogP contribution in [-0.4, -0.2) is 75.6 Å². The van der Waals surface area contributed by atoms with Gasteiger partial charge in [-0.15, -0.1) is 0 Å². The molecule has 0 aromatic heterocycles. The molecule has 0 bridgehead atoms. The molecule has 0 fully saturated rings. The van der Waals surface area contributed by atoms with Gasteiger partial charge in [-0.1, -0.05) is 180 Å². The highest BCUT2D eigenvalue weighted by molar-refractivity contribution is 7.47. The van der Waals surface area contributed by atoms with Gasteiger partial charge in [0.1, 0.15) is 19.3 Å². The van der Waals surface area contributed by atoms with E-state index in [1.54, 1.807) is 6.08 Å². The Morgan fingerprint density at radius 1 is 0.492 bits per heavy atom. The maximum Gasteiger partial charge on any atom is 0.472 e. The van der Waals surface area contributed by atoms with Crippen molar-refractivity contribution >= 4 is 13.8 Å². The molecular weight excluding hydrogens is 806 g/mol. The summed E-state index contributed by atoms with van der Waals surface area (Å²) in [4.78, 5) is 22.9. The van der Waals surface area contributed by atoms with Crippen molar-refractivity contribution in [3.63, 3.8) is 0 Å². The van der Waals surface area contributed by atoms with Gasteiger partial charge in [0.05, 0.1) is 40.8 Å². The number of nitrogens with zero attached hydrogens (tertiary/aromatic N) is 1. The second kappa shape index (κ2) is 45.2. The van der Waals surface area contributed by atoms with E-state index in [9.17, 15) is 14.3 Å². The van der Waals surface area contributed by atoms with Gasteiger partial charge in [0.2, 0.25) is 0 Å². The van der Waals surface area contributed by atoms with Crippen molar-refractivity contribution in [3.8, 4) is 0 Å². The molecule has 9 heteroatoms. The van der Waals surface area contributed by atoms with Crippen LogP contribution < -0.4 is 0 Å². The summed E-state index contributed by atoms with van der Waals surface area (Å²) < 4.78 is 34.9. The van der Waals surface area contributed by atoms with Gasteiger partial charge in [-0.25, -0.2) is 4.57 Å². The average Bonchev–Trinajstić information content (AvgIpc) is 3.24. The third-order valence-electron chi connectivity index (χ3n) is 9.24. The third-order valence-corrected chi connectivity index (χ3v) is 10.2. The number of phosphoric acid groups is 1. The molecule has 0 aromatic carbocycles. The summed E-state index contributed by atoms with van der Waals surface area (Å²) in [5.41, 5.74) is 0. The highest BCUT2D eigenvalue weighted by Crippen LogP contribution is 2.43. The van der Waals surface area contributed by atoms with Crippen molar-refractivity contribution in [2.45, 2.75) is 148 Å². The van der Waals surface area contributed by atoms with E-state index >= 15 is 0 Å². The first-order valence-corrected chi connectivity index (χ1v) is 25.4. The molecule has 0 radical (unpaired) electrons. The molecule has 2 unspecified atom stereocenters. The van der Waals surface area contributed by atoms with E-state index in [1.807, 2.05) is 27.2 Å². The van der Waals surface area contributed by atoms with Crippen LogP contribution in [0.2, 0.25) is 0 Å². The zero-order valence-corrected chi connectivity index (χ0v) is 41.1. The molecule has 8 nitrogen and oxygen atoms in total. The molecule has 63 heavy (non-hydrogen) atoms. The Morgan fingerprint density at radius 3 is 1.30 bits per heavy atom. The number of unbranched alkanes of at least 4 members (excludes halogenated alkanes) is 7. The molecule has 0 saturated heterocycles. The van der Waals surface area contributed by atoms with Gasteiger partial charge in [0, 0.05) is 6.61 Å². The van der Waals surface area contributed by atoms with Crippen LogP contribution in [0.25, 0.3) is 0 Å². The van der Waals surface area contributed by atoms with Gasteiger partial charge in [0.15, 0.2) is 0 Å². The summed E-state index contributed by atoms with van der Waals surface area (Å²) in [6.07, 6.45) is 66.7. The fourth-order valence-corrected chi connectivity index (χ4v) is 6.37. The van der Waals surface area contributed by atoms with Crippen molar-refractivity contribution in [2.75, 3.05) is 54.1 Å². The predicted molar refractivity (Wildman–Crippen MR) is 270 cm³/mol. The zero-order chi connectivity index (χ0) is 46.2. The lowest BCUT2D eigenvalue weighted by Crippen LogP contribution is -2.37. The molecule has 0 aliphatic carbocycles. The molecular formula is C54H89NO7P+. The number of rotatable bonds is 42. The van der Waals surface area contributed by atoms with E-state index in [0.717, 1.165) is 89.9 Å². The predicted octanol–water partition coefficient (Wildman–Crippen LogP) is 14.7. The molecule has 0 spiro atoms. The van der Waals surface area contributed by atoms with Crippen molar-refractivity contribution in [3.05, 3.63) is 134 Å². The Kier molecular flexibility index (Phi) is 42.8. The second-order valence-corrected chi connectivity index (χ2v) is 17.8. The molecule has 2 atom stereocenters. The van der Waals surface area contributed by atoms with Gasteiger partial charge in [-0.2, -0.15) is 0 Å². The fraction of sp³-hybridized carbons (Fsp3) is 0.574. The maximum atomic E-state index is 12.7. The quantitative estimate of drug-likeness (QED) is 0.0215. The molecule has 0 heterocycles. The maximum absolute atomic E-state index is 12.7. The fourth-order valence-electron chi connectivity index (χ4n) is 5.63. The lowest BCUT2D eigenvalue weighted by atomic mass is 10.1. The number of hydrogen-bond donors (Lipinski definition) is 1. The first-order chi connectivity index (χ1) is 30.6. The largest absolute Gasteiger partial charge is 0.472 e. The monoisotopic (exact) mass is 895 g/mol. The summed E-state index contributed by atoms with van der Waals surface area (Å²) in [5, 5.41) is 0. The van der Waals surface area contributed by atoms with E-state index in [2.05, 4.69) is 135 Å². The van der Waals surface area contributed by atoms with Crippen LogP contribution in [0.3, 0.4) is 0 Å². The Bertz CT molecular complexity index is 1460. The van der Waals surface area contributed by atoms with E-state index in [0.29, 0.717) is 24.1 Å². The van der Waals surface area contributed by atoms with Crippen LogP contribution in [-0.2, 0) is 27.9 Å². The molecule has 0 aliphatic rings.